The minimum absolute atomic E-state index is 0.205. The highest BCUT2D eigenvalue weighted by atomic mass is 19.1. The van der Waals surface area contributed by atoms with Crippen LogP contribution in [0.25, 0.3) is 0 Å². The SMILES string of the molecule is CCNc1cc(CN(CC)c2cccc(F)c2)ccn1. The van der Waals surface area contributed by atoms with Gasteiger partial charge in [-0.3, -0.25) is 0 Å². The third-order valence-corrected chi connectivity index (χ3v) is 3.11. The lowest BCUT2D eigenvalue weighted by atomic mass is 10.2. The van der Waals surface area contributed by atoms with E-state index in [2.05, 4.69) is 22.1 Å². The molecule has 1 aromatic carbocycles. The van der Waals surface area contributed by atoms with Crippen LogP contribution in [0.5, 0.6) is 0 Å². The van der Waals surface area contributed by atoms with Gasteiger partial charge >= 0.3 is 0 Å². The molecule has 0 saturated heterocycles. The molecule has 0 amide bonds. The van der Waals surface area contributed by atoms with E-state index in [0.29, 0.717) is 0 Å². The van der Waals surface area contributed by atoms with Gasteiger partial charge in [-0.2, -0.15) is 0 Å². The summed E-state index contributed by atoms with van der Waals surface area (Å²) >= 11 is 0. The molecule has 0 saturated carbocycles. The van der Waals surface area contributed by atoms with Crippen LogP contribution in [-0.4, -0.2) is 18.1 Å². The molecular weight excluding hydrogens is 253 g/mol. The smallest absolute Gasteiger partial charge is 0.126 e. The zero-order chi connectivity index (χ0) is 14.4. The van der Waals surface area contributed by atoms with Gasteiger partial charge in [0.25, 0.3) is 0 Å². The molecule has 4 heteroatoms. The predicted octanol–water partition coefficient (Wildman–Crippen LogP) is 3.68. The molecule has 0 spiro atoms. The van der Waals surface area contributed by atoms with Crippen LogP contribution in [0.4, 0.5) is 15.9 Å². The van der Waals surface area contributed by atoms with E-state index in [9.17, 15) is 4.39 Å². The lowest BCUT2D eigenvalue weighted by molar-refractivity contribution is 0.626. The molecule has 2 rings (SSSR count). The molecule has 2 aromatic rings. The number of hydrogen-bond donors (Lipinski definition) is 1. The number of nitrogens with one attached hydrogen (secondary N) is 1. The Morgan fingerprint density at radius 1 is 1.20 bits per heavy atom. The van der Waals surface area contributed by atoms with Crippen LogP contribution in [0.15, 0.2) is 42.6 Å². The second-order valence-corrected chi connectivity index (χ2v) is 4.57. The summed E-state index contributed by atoms with van der Waals surface area (Å²) in [6, 6.07) is 10.7. The molecule has 0 aliphatic carbocycles. The molecule has 1 heterocycles. The Labute approximate surface area is 119 Å². The number of hydrogen-bond acceptors (Lipinski definition) is 3. The van der Waals surface area contributed by atoms with E-state index in [1.165, 1.54) is 6.07 Å². The lowest BCUT2D eigenvalue weighted by Gasteiger charge is -2.23. The first-order chi connectivity index (χ1) is 9.72. The summed E-state index contributed by atoms with van der Waals surface area (Å²) in [5.74, 6) is 0.671. The highest BCUT2D eigenvalue weighted by Crippen LogP contribution is 2.18. The molecule has 1 N–H and O–H groups in total. The Morgan fingerprint density at radius 2 is 2.05 bits per heavy atom. The van der Waals surface area contributed by atoms with Crippen LogP contribution in [0, 0.1) is 5.82 Å². The van der Waals surface area contributed by atoms with Crippen LogP contribution in [-0.2, 0) is 6.54 Å². The third-order valence-electron chi connectivity index (χ3n) is 3.11. The highest BCUT2D eigenvalue weighted by Gasteiger charge is 2.07. The van der Waals surface area contributed by atoms with E-state index < -0.39 is 0 Å². The molecule has 0 fully saturated rings. The van der Waals surface area contributed by atoms with Gasteiger partial charge in [0.05, 0.1) is 0 Å². The number of pyridine rings is 1. The lowest BCUT2D eigenvalue weighted by Crippen LogP contribution is -2.22. The maximum atomic E-state index is 13.3. The van der Waals surface area contributed by atoms with Gasteiger partial charge in [-0.25, -0.2) is 9.37 Å². The maximum absolute atomic E-state index is 13.3. The van der Waals surface area contributed by atoms with Gasteiger partial charge in [0, 0.05) is 31.5 Å². The molecule has 20 heavy (non-hydrogen) atoms. The fourth-order valence-corrected chi connectivity index (χ4v) is 2.13. The van der Waals surface area contributed by atoms with Crippen molar-refractivity contribution in [1.29, 1.82) is 0 Å². The van der Waals surface area contributed by atoms with Gasteiger partial charge in [0.1, 0.15) is 11.6 Å². The number of halogens is 1. The first kappa shape index (κ1) is 14.3. The van der Waals surface area contributed by atoms with Crippen LogP contribution in [0.3, 0.4) is 0 Å². The zero-order valence-corrected chi connectivity index (χ0v) is 11.9. The standard InChI is InChI=1S/C16H20FN3/c1-3-18-16-10-13(8-9-19-16)12-20(4-2)15-7-5-6-14(17)11-15/h5-11H,3-4,12H2,1-2H3,(H,18,19). The molecule has 1 aromatic heterocycles. The summed E-state index contributed by atoms with van der Waals surface area (Å²) in [4.78, 5) is 6.39. The third kappa shape index (κ3) is 3.70. The molecule has 0 aliphatic heterocycles. The van der Waals surface area contributed by atoms with Crippen LogP contribution in [0.2, 0.25) is 0 Å². The van der Waals surface area contributed by atoms with E-state index in [0.717, 1.165) is 36.7 Å². The van der Waals surface area contributed by atoms with Crippen LogP contribution < -0.4 is 10.2 Å². The predicted molar refractivity (Wildman–Crippen MR) is 81.5 cm³/mol. The minimum Gasteiger partial charge on any atom is -0.370 e. The average molecular weight is 273 g/mol. The number of nitrogens with zero attached hydrogens (tertiary/aromatic N) is 2. The van der Waals surface area contributed by atoms with Crippen molar-refractivity contribution in [3.8, 4) is 0 Å². The molecule has 3 nitrogen and oxygen atoms in total. The zero-order valence-electron chi connectivity index (χ0n) is 11.9. The maximum Gasteiger partial charge on any atom is 0.126 e. The molecule has 0 bridgehead atoms. The molecule has 106 valence electrons. The van der Waals surface area contributed by atoms with E-state index in [1.807, 2.05) is 25.1 Å². The topological polar surface area (TPSA) is 28.2 Å². The van der Waals surface area contributed by atoms with Gasteiger partial charge in [-0.15, -0.1) is 0 Å². The number of anilines is 2. The monoisotopic (exact) mass is 273 g/mol. The molecular formula is C16H20FN3. The average Bonchev–Trinajstić information content (AvgIpc) is 2.45. The summed E-state index contributed by atoms with van der Waals surface area (Å²) < 4.78 is 13.3. The fourth-order valence-electron chi connectivity index (χ4n) is 2.13. The quantitative estimate of drug-likeness (QED) is 0.870. The van der Waals surface area contributed by atoms with Crippen molar-refractivity contribution in [1.82, 2.24) is 4.98 Å². The van der Waals surface area contributed by atoms with Crippen molar-refractivity contribution < 1.29 is 4.39 Å². The highest BCUT2D eigenvalue weighted by molar-refractivity contribution is 5.48. The van der Waals surface area contributed by atoms with Gasteiger partial charge < -0.3 is 10.2 Å². The van der Waals surface area contributed by atoms with E-state index >= 15 is 0 Å². The van der Waals surface area contributed by atoms with Gasteiger partial charge in [-0.05, 0) is 49.7 Å². The summed E-state index contributed by atoms with van der Waals surface area (Å²) in [6.07, 6.45) is 1.80. The van der Waals surface area contributed by atoms with Gasteiger partial charge in [0.15, 0.2) is 0 Å². The first-order valence-electron chi connectivity index (χ1n) is 6.92. The number of rotatable bonds is 6. The number of aromatic nitrogens is 1. The Morgan fingerprint density at radius 3 is 2.75 bits per heavy atom. The summed E-state index contributed by atoms with van der Waals surface area (Å²) in [5.41, 5.74) is 2.05. The van der Waals surface area contributed by atoms with Crippen molar-refractivity contribution >= 4 is 11.5 Å². The van der Waals surface area contributed by atoms with E-state index in [-0.39, 0.29) is 5.82 Å². The first-order valence-corrected chi connectivity index (χ1v) is 6.92. The van der Waals surface area contributed by atoms with Crippen molar-refractivity contribution in [2.75, 3.05) is 23.3 Å². The second-order valence-electron chi connectivity index (χ2n) is 4.57. The van der Waals surface area contributed by atoms with Crippen LogP contribution in [0.1, 0.15) is 19.4 Å². The van der Waals surface area contributed by atoms with Gasteiger partial charge in [0.2, 0.25) is 0 Å². The fraction of sp³-hybridized carbons (Fsp3) is 0.312. The molecule has 0 atom stereocenters. The normalized spacial score (nSPS) is 10.3. The Bertz CT molecular complexity index is 557. The Hall–Kier alpha value is -2.10. The molecule has 0 unspecified atom stereocenters. The largest absolute Gasteiger partial charge is 0.370 e. The van der Waals surface area contributed by atoms with Crippen molar-refractivity contribution in [3.63, 3.8) is 0 Å². The summed E-state index contributed by atoms with van der Waals surface area (Å²) in [7, 11) is 0. The van der Waals surface area contributed by atoms with Gasteiger partial charge in [-0.1, -0.05) is 6.07 Å². The van der Waals surface area contributed by atoms with Crippen molar-refractivity contribution in [2.45, 2.75) is 20.4 Å². The van der Waals surface area contributed by atoms with Crippen molar-refractivity contribution in [3.05, 3.63) is 54.0 Å². The second kappa shape index (κ2) is 6.89. The summed E-state index contributed by atoms with van der Waals surface area (Å²) in [6.45, 7) is 6.51. The molecule has 0 aliphatic rings. The van der Waals surface area contributed by atoms with E-state index in [4.69, 9.17) is 0 Å². The summed E-state index contributed by atoms with van der Waals surface area (Å²) in [5, 5.41) is 3.20. The Kier molecular flexibility index (Phi) is 4.93. The minimum atomic E-state index is -0.205. The van der Waals surface area contributed by atoms with Crippen LogP contribution >= 0.6 is 0 Å². The van der Waals surface area contributed by atoms with E-state index in [1.54, 1.807) is 18.3 Å². The molecule has 0 radical (unpaired) electrons. The van der Waals surface area contributed by atoms with Crippen molar-refractivity contribution in [2.24, 2.45) is 0 Å². The number of benzene rings is 1. The Balaban J connectivity index is 2.15.